The predicted molar refractivity (Wildman–Crippen MR) is 474 cm³/mol. The van der Waals surface area contributed by atoms with Crippen LogP contribution in [0.15, 0.2) is 170 Å². The minimum Gasteiger partial charge on any atom is -0.497 e. The second kappa shape index (κ2) is 63.0. The Kier molecular flexibility index (Phi) is 66.3. The fourth-order valence-electron chi connectivity index (χ4n) is 10.7. The number of halogens is 4. The Bertz CT molecular complexity index is 3610. The third-order valence-corrected chi connectivity index (χ3v) is 18.3. The molecule has 1 aliphatic carbocycles. The third-order valence-electron chi connectivity index (χ3n) is 17.8. The molecule has 0 bridgehead atoms. The fraction of sp³-hybridized carbons (Fsp3) is 0.500. The van der Waals surface area contributed by atoms with Crippen molar-refractivity contribution >= 4 is 63.7 Å². The summed E-state index contributed by atoms with van der Waals surface area (Å²) < 4.78 is 30.5. The molecule has 12 heteroatoms. The van der Waals surface area contributed by atoms with Gasteiger partial charge in [-0.15, -0.1) is 0 Å². The Morgan fingerprint density at radius 1 is 0.418 bits per heavy atom. The van der Waals surface area contributed by atoms with Crippen LogP contribution in [-0.4, -0.2) is 47.6 Å². The molecule has 7 aromatic rings. The van der Waals surface area contributed by atoms with Gasteiger partial charge in [-0.05, 0) is 145 Å². The van der Waals surface area contributed by atoms with Crippen LogP contribution >= 0.6 is 23.2 Å². The van der Waals surface area contributed by atoms with E-state index in [-0.39, 0.29) is 124 Å². The molecule has 0 N–H and O–H groups in total. The molecule has 3 unspecified atom stereocenters. The normalized spacial score (nSPS) is 11.7. The molecule has 110 heavy (non-hydrogen) atoms. The number of ketones is 7. The average molecular weight is 1570 g/mol. The number of hydrogen-bond donors (Lipinski definition) is 0. The lowest BCUT2D eigenvalue weighted by Gasteiger charge is -2.24. The van der Waals surface area contributed by atoms with Crippen molar-refractivity contribution in [3.8, 4) is 5.75 Å². The molecule has 3 atom stereocenters. The molecule has 7 aromatic carbocycles. The lowest BCUT2D eigenvalue weighted by molar-refractivity contribution is -0.126. The van der Waals surface area contributed by atoms with Gasteiger partial charge in [0.25, 0.3) is 0 Å². The molecule has 1 aliphatic rings. The van der Waals surface area contributed by atoms with Crippen molar-refractivity contribution in [1.82, 2.24) is 0 Å². The summed E-state index contributed by atoms with van der Waals surface area (Å²) in [6.07, 6.45) is 9.63. The number of carbonyl (C=O) groups excluding carboxylic acids is 7. The van der Waals surface area contributed by atoms with E-state index >= 15 is 0 Å². The van der Waals surface area contributed by atoms with Gasteiger partial charge in [-0.1, -0.05) is 332 Å². The Hall–Kier alpha value is -7.53. The van der Waals surface area contributed by atoms with Gasteiger partial charge in [0.2, 0.25) is 0 Å². The highest BCUT2D eigenvalue weighted by Gasteiger charge is 2.26. The lowest BCUT2D eigenvalue weighted by Crippen LogP contribution is -2.26. The minimum absolute atomic E-state index is 0. The topological polar surface area (TPSA) is 129 Å². The number of rotatable bonds is 27. The zero-order valence-electron chi connectivity index (χ0n) is 64.4. The van der Waals surface area contributed by atoms with Crippen LogP contribution in [0.4, 0.5) is 8.78 Å². The van der Waals surface area contributed by atoms with Crippen LogP contribution in [0.1, 0.15) is 265 Å². The summed E-state index contributed by atoms with van der Waals surface area (Å²) in [5, 5.41) is 1.26. The number of carbonyl (C=O) groups is 7. The minimum atomic E-state index is -0.857. The van der Waals surface area contributed by atoms with Crippen molar-refractivity contribution in [1.29, 1.82) is 0 Å². The first kappa shape index (κ1) is 116. The first-order chi connectivity index (χ1) is 48.1. The van der Waals surface area contributed by atoms with E-state index < -0.39 is 11.6 Å². The molecule has 618 valence electrons. The van der Waals surface area contributed by atoms with Crippen molar-refractivity contribution < 1.29 is 47.1 Å². The molecule has 8 rings (SSSR count). The van der Waals surface area contributed by atoms with E-state index in [2.05, 4.69) is 86.6 Å². The number of ether oxygens (including phenoxy) is 1. The van der Waals surface area contributed by atoms with E-state index in [0.717, 1.165) is 62.0 Å². The number of fused-ring (bicyclic) bond motifs is 1. The van der Waals surface area contributed by atoms with Gasteiger partial charge in [-0.3, -0.25) is 33.6 Å². The molecule has 0 saturated carbocycles. The van der Waals surface area contributed by atoms with Gasteiger partial charge < -0.3 is 4.74 Å². The Morgan fingerprint density at radius 3 is 1.25 bits per heavy atom. The summed E-state index contributed by atoms with van der Waals surface area (Å²) >= 11 is 11.8. The molecular formula is C98H150Cl2F2O8. The fourth-order valence-corrected chi connectivity index (χ4v) is 11.2. The average Bonchev–Trinajstić information content (AvgIpc) is 0.828. The SMILES string of the molecule is C.C.C.C.C.C.C.C.CC(C)C(=O)C(C)Cc1ccccc1.CC(C)C(=O)C1CCc2ccccc2C1.CC(C)C(=O)CC(C)c1ccccc1.CC(C)C(=O)CCc1ccc(Cl)cc1Cl.CC(C)C(=O)CCc1ccc(F)c(F)c1.COc1ccc(CCC(=O)C(C)C)cc1.Cc1ccc(CCC(=O)C(C)C)cc1. The van der Waals surface area contributed by atoms with Crippen LogP contribution in [0.5, 0.6) is 5.75 Å². The maximum atomic E-state index is 12.8. The second-order valence-electron chi connectivity index (χ2n) is 28.9. The van der Waals surface area contributed by atoms with E-state index in [1.807, 2.05) is 171 Å². The first-order valence-corrected chi connectivity index (χ1v) is 37.3. The van der Waals surface area contributed by atoms with Crippen LogP contribution in [0.3, 0.4) is 0 Å². The Balaban J connectivity index is -0.000000222. The summed E-state index contributed by atoms with van der Waals surface area (Å²) in [4.78, 5) is 80.6. The maximum absolute atomic E-state index is 12.8. The van der Waals surface area contributed by atoms with Crippen LogP contribution < -0.4 is 4.74 Å². The lowest BCUT2D eigenvalue weighted by atomic mass is 9.79. The van der Waals surface area contributed by atoms with Gasteiger partial charge in [-0.2, -0.15) is 0 Å². The van der Waals surface area contributed by atoms with Crippen molar-refractivity contribution in [2.45, 2.75) is 267 Å². The van der Waals surface area contributed by atoms with Gasteiger partial charge in [0, 0.05) is 95.4 Å². The number of benzene rings is 7. The monoisotopic (exact) mass is 1560 g/mol. The molecule has 0 aliphatic heterocycles. The smallest absolute Gasteiger partial charge is 0.159 e. The van der Waals surface area contributed by atoms with E-state index in [1.165, 1.54) is 45.0 Å². The standard InChI is InChI=1S/C14H18O.C13H18O2.3C13H18O.C12H14Cl2O.C12H14F2O.8CH4/c1-10(2)14(15)13-8-7-11-5-3-4-6-12(11)9-13;1-10(2)13(14)9-6-11-4-7-12(15-3)8-5-11;1-10(2)13(14)9-8-12-6-4-11(3)5-7-12;1-10(2)13(14)9-11(3)12-7-5-4-6-8-12;1-10(2)13(14)11(3)9-12-7-5-4-6-8-12;1-8(2)12(15)6-4-9-3-5-10(13)7-11(9)14;1-8(2)12(15)6-4-9-3-5-10(13)11(14)7-9;;;;;;;;/h3-6,10,13H,7-9H2,1-2H3;4-5,7-8,10H,6,9H2,1-3H3;4-7,10H,8-9H2,1-3H3;2*4-8,10-11H,9H2,1-3H3;2*3,5,7-8H,4,6H2,1-2H3;8*1H4. The largest absolute Gasteiger partial charge is 0.497 e. The zero-order valence-corrected chi connectivity index (χ0v) is 65.9. The summed E-state index contributed by atoms with van der Waals surface area (Å²) in [5.74, 6) is 2.98. The van der Waals surface area contributed by atoms with E-state index in [1.54, 1.807) is 19.2 Å². The van der Waals surface area contributed by atoms with Gasteiger partial charge >= 0.3 is 0 Å². The van der Waals surface area contributed by atoms with Crippen molar-refractivity contribution in [2.24, 2.45) is 53.3 Å². The maximum Gasteiger partial charge on any atom is 0.159 e. The molecular weight excluding hydrogens is 1410 g/mol. The van der Waals surface area contributed by atoms with Gasteiger partial charge in [0.15, 0.2) is 11.6 Å². The van der Waals surface area contributed by atoms with Crippen LogP contribution in [0.2, 0.25) is 10.0 Å². The summed E-state index contributed by atoms with van der Waals surface area (Å²) in [6.45, 7) is 33.3. The number of aryl methyl sites for hydroxylation is 6. The summed E-state index contributed by atoms with van der Waals surface area (Å²) in [6, 6.07) is 54.2. The van der Waals surface area contributed by atoms with Crippen molar-refractivity contribution in [2.75, 3.05) is 7.11 Å². The number of methoxy groups -OCH3 is 1. The molecule has 0 radical (unpaired) electrons. The molecule has 8 nitrogen and oxygen atoms in total. The Morgan fingerprint density at radius 2 is 0.827 bits per heavy atom. The number of hydrogen-bond acceptors (Lipinski definition) is 8. The molecule has 0 aromatic heterocycles. The number of Topliss-reactive ketones (excluding diaryl/α,β-unsaturated/α-hetero) is 7. The summed E-state index contributed by atoms with van der Waals surface area (Å²) in [5.41, 5.74) is 10.7. The molecule has 0 saturated heterocycles. The molecule has 0 fully saturated rings. The molecule has 0 spiro atoms. The van der Waals surface area contributed by atoms with E-state index in [4.69, 9.17) is 27.9 Å². The zero-order chi connectivity index (χ0) is 76.6. The van der Waals surface area contributed by atoms with Crippen LogP contribution in [0.25, 0.3) is 0 Å². The van der Waals surface area contributed by atoms with Gasteiger partial charge in [-0.25, -0.2) is 8.78 Å². The van der Waals surface area contributed by atoms with Crippen LogP contribution in [-0.2, 0) is 78.5 Å². The highest BCUT2D eigenvalue weighted by atomic mass is 35.5. The first-order valence-electron chi connectivity index (χ1n) is 36.6. The van der Waals surface area contributed by atoms with Gasteiger partial charge in [0.1, 0.15) is 46.2 Å². The predicted octanol–water partition coefficient (Wildman–Crippen LogP) is 27.9. The second-order valence-corrected chi connectivity index (χ2v) is 29.7. The molecule has 0 amide bonds. The highest BCUT2D eigenvalue weighted by molar-refractivity contribution is 6.35. The van der Waals surface area contributed by atoms with Crippen LogP contribution in [0, 0.1) is 71.8 Å². The highest BCUT2D eigenvalue weighted by Crippen LogP contribution is 2.28. The third kappa shape index (κ3) is 47.6. The van der Waals surface area contributed by atoms with E-state index in [9.17, 15) is 42.3 Å². The Labute approximate surface area is 680 Å². The quantitative estimate of drug-likeness (QED) is 0.0498. The van der Waals surface area contributed by atoms with Gasteiger partial charge in [0.05, 0.1) is 7.11 Å². The summed E-state index contributed by atoms with van der Waals surface area (Å²) in [7, 11) is 1.65. The molecule has 0 heterocycles. The van der Waals surface area contributed by atoms with E-state index in [0.29, 0.717) is 95.4 Å². The van der Waals surface area contributed by atoms with Crippen molar-refractivity contribution in [3.63, 3.8) is 0 Å². The van der Waals surface area contributed by atoms with Crippen molar-refractivity contribution in [3.05, 3.63) is 242 Å².